The van der Waals surface area contributed by atoms with Crippen LogP contribution in [0.2, 0.25) is 0 Å². The van der Waals surface area contributed by atoms with Gasteiger partial charge in [0.25, 0.3) is 0 Å². The van der Waals surface area contributed by atoms with Gasteiger partial charge in [0, 0.05) is 18.6 Å². The van der Waals surface area contributed by atoms with Crippen molar-refractivity contribution in [1.29, 1.82) is 0 Å². The number of nitrogens with one attached hydrogen (secondary N) is 2. The fourth-order valence-corrected chi connectivity index (χ4v) is 2.35. The molecule has 1 fully saturated rings. The third-order valence-corrected chi connectivity index (χ3v) is 3.17. The molecule has 17 heavy (non-hydrogen) atoms. The Bertz CT molecular complexity index is 331. The normalized spacial score (nSPS) is 28.5. The van der Waals surface area contributed by atoms with E-state index in [4.69, 9.17) is 5.11 Å². The van der Waals surface area contributed by atoms with Gasteiger partial charge in [-0.25, -0.2) is 0 Å². The Balaban J connectivity index is 1.84. The zero-order valence-electron chi connectivity index (χ0n) is 9.84. The van der Waals surface area contributed by atoms with Crippen molar-refractivity contribution in [3.63, 3.8) is 0 Å². The molecule has 1 aromatic rings. The Labute approximate surface area is 102 Å². The molecule has 4 N–H and O–H groups in total. The maximum absolute atomic E-state index is 9.81. The maximum Gasteiger partial charge on any atom is 0.120 e. The molecule has 1 aromatic carbocycles. The summed E-state index contributed by atoms with van der Waals surface area (Å²) in [5.74, 6) is 0. The van der Waals surface area contributed by atoms with Gasteiger partial charge in [0.05, 0.1) is 6.61 Å². The molecular formula is C13H20N2O2. The number of hydrogen-bond acceptors (Lipinski definition) is 4. The molecule has 94 valence electrons. The predicted octanol–water partition coefficient (Wildman–Crippen LogP) is -0.140. The second kappa shape index (κ2) is 6.12. The van der Waals surface area contributed by atoms with Gasteiger partial charge < -0.3 is 15.5 Å². The van der Waals surface area contributed by atoms with Crippen LogP contribution in [0.15, 0.2) is 30.3 Å². The van der Waals surface area contributed by atoms with Crippen LogP contribution in [0.1, 0.15) is 12.0 Å². The summed E-state index contributed by atoms with van der Waals surface area (Å²) in [4.78, 5) is 0. The molecule has 2 rings (SSSR count). The standard InChI is InChI=1S/C13H20N2O2/c16-7-6-14-12-9-11(15-13(12)17)8-10-4-2-1-3-5-10/h1-5,11-17H,6-9H2. The molecule has 0 spiro atoms. The number of aliphatic hydroxyl groups is 2. The highest BCUT2D eigenvalue weighted by Crippen LogP contribution is 2.16. The summed E-state index contributed by atoms with van der Waals surface area (Å²) < 4.78 is 0. The van der Waals surface area contributed by atoms with Crippen molar-refractivity contribution in [2.45, 2.75) is 31.2 Å². The lowest BCUT2D eigenvalue weighted by molar-refractivity contribution is 0.122. The molecule has 0 saturated carbocycles. The average Bonchev–Trinajstić information content (AvgIpc) is 2.68. The summed E-state index contributed by atoms with van der Waals surface area (Å²) in [6, 6.07) is 10.6. The molecule has 1 saturated heterocycles. The SMILES string of the molecule is OCCNC1CC(Cc2ccccc2)NC1O. The van der Waals surface area contributed by atoms with Gasteiger partial charge in [-0.15, -0.1) is 0 Å². The molecule has 0 bridgehead atoms. The first-order chi connectivity index (χ1) is 8.29. The van der Waals surface area contributed by atoms with Gasteiger partial charge in [-0.05, 0) is 18.4 Å². The highest BCUT2D eigenvalue weighted by atomic mass is 16.3. The van der Waals surface area contributed by atoms with Crippen molar-refractivity contribution in [1.82, 2.24) is 10.6 Å². The molecule has 1 aliphatic rings. The maximum atomic E-state index is 9.81. The van der Waals surface area contributed by atoms with E-state index in [0.717, 1.165) is 12.8 Å². The van der Waals surface area contributed by atoms with Crippen LogP contribution in [0.25, 0.3) is 0 Å². The lowest BCUT2D eigenvalue weighted by Gasteiger charge is -2.14. The molecule has 3 atom stereocenters. The Morgan fingerprint density at radius 2 is 2.06 bits per heavy atom. The fourth-order valence-electron chi connectivity index (χ4n) is 2.35. The van der Waals surface area contributed by atoms with Crippen LogP contribution in [0.5, 0.6) is 0 Å². The third-order valence-electron chi connectivity index (χ3n) is 3.17. The van der Waals surface area contributed by atoms with Crippen LogP contribution >= 0.6 is 0 Å². The Hall–Kier alpha value is -0.940. The van der Waals surface area contributed by atoms with Crippen LogP contribution < -0.4 is 10.6 Å². The molecule has 4 heteroatoms. The van der Waals surface area contributed by atoms with Gasteiger partial charge in [-0.1, -0.05) is 30.3 Å². The number of hydrogen-bond donors (Lipinski definition) is 4. The number of aliphatic hydroxyl groups excluding tert-OH is 2. The minimum Gasteiger partial charge on any atom is -0.395 e. The molecule has 1 aliphatic heterocycles. The van der Waals surface area contributed by atoms with E-state index in [2.05, 4.69) is 22.8 Å². The molecule has 0 radical (unpaired) electrons. The largest absolute Gasteiger partial charge is 0.395 e. The first-order valence-corrected chi connectivity index (χ1v) is 6.12. The second-order valence-corrected chi connectivity index (χ2v) is 4.52. The number of benzene rings is 1. The molecule has 0 amide bonds. The van der Waals surface area contributed by atoms with Crippen molar-refractivity contribution in [3.8, 4) is 0 Å². The first-order valence-electron chi connectivity index (χ1n) is 6.12. The van der Waals surface area contributed by atoms with Gasteiger partial charge in [-0.2, -0.15) is 0 Å². The lowest BCUT2D eigenvalue weighted by Crippen LogP contribution is -2.41. The first kappa shape index (κ1) is 12.5. The van der Waals surface area contributed by atoms with Crippen molar-refractivity contribution < 1.29 is 10.2 Å². The molecule has 0 aromatic heterocycles. The monoisotopic (exact) mass is 236 g/mol. The second-order valence-electron chi connectivity index (χ2n) is 4.52. The van der Waals surface area contributed by atoms with Crippen molar-refractivity contribution in [2.24, 2.45) is 0 Å². The molecular weight excluding hydrogens is 216 g/mol. The lowest BCUT2D eigenvalue weighted by atomic mass is 10.0. The smallest absolute Gasteiger partial charge is 0.120 e. The molecule has 1 heterocycles. The summed E-state index contributed by atoms with van der Waals surface area (Å²) in [5.41, 5.74) is 1.28. The minimum absolute atomic E-state index is 0.0378. The number of rotatable bonds is 5. The molecule has 4 nitrogen and oxygen atoms in total. The van der Waals surface area contributed by atoms with Crippen molar-refractivity contribution in [3.05, 3.63) is 35.9 Å². The van der Waals surface area contributed by atoms with E-state index in [-0.39, 0.29) is 12.6 Å². The van der Waals surface area contributed by atoms with Crippen molar-refractivity contribution >= 4 is 0 Å². The Morgan fingerprint density at radius 3 is 2.76 bits per heavy atom. The molecule has 0 aliphatic carbocycles. The van der Waals surface area contributed by atoms with Gasteiger partial charge in [0.1, 0.15) is 6.23 Å². The zero-order chi connectivity index (χ0) is 12.1. The van der Waals surface area contributed by atoms with Gasteiger partial charge in [-0.3, -0.25) is 5.32 Å². The zero-order valence-corrected chi connectivity index (χ0v) is 9.84. The van der Waals surface area contributed by atoms with E-state index in [1.54, 1.807) is 0 Å². The van der Waals surface area contributed by atoms with E-state index in [1.165, 1.54) is 5.56 Å². The Morgan fingerprint density at radius 1 is 1.29 bits per heavy atom. The summed E-state index contributed by atoms with van der Waals surface area (Å²) in [5, 5.41) is 24.9. The van der Waals surface area contributed by atoms with E-state index in [1.807, 2.05) is 18.2 Å². The summed E-state index contributed by atoms with van der Waals surface area (Å²) in [7, 11) is 0. The topological polar surface area (TPSA) is 64.5 Å². The van der Waals surface area contributed by atoms with E-state index < -0.39 is 6.23 Å². The van der Waals surface area contributed by atoms with Crippen LogP contribution in [0, 0.1) is 0 Å². The minimum atomic E-state index is -0.518. The van der Waals surface area contributed by atoms with Gasteiger partial charge >= 0.3 is 0 Å². The van der Waals surface area contributed by atoms with E-state index in [0.29, 0.717) is 12.6 Å². The van der Waals surface area contributed by atoms with Gasteiger partial charge in [0.15, 0.2) is 0 Å². The highest BCUT2D eigenvalue weighted by Gasteiger charge is 2.31. The van der Waals surface area contributed by atoms with Crippen LogP contribution in [0.4, 0.5) is 0 Å². The fraction of sp³-hybridized carbons (Fsp3) is 0.538. The van der Waals surface area contributed by atoms with Crippen molar-refractivity contribution in [2.75, 3.05) is 13.2 Å². The summed E-state index contributed by atoms with van der Waals surface area (Å²) in [6.07, 6.45) is 1.29. The van der Waals surface area contributed by atoms with E-state index in [9.17, 15) is 5.11 Å². The molecule has 3 unspecified atom stereocenters. The Kier molecular flexibility index (Phi) is 4.50. The third kappa shape index (κ3) is 3.51. The predicted molar refractivity (Wildman–Crippen MR) is 66.6 cm³/mol. The van der Waals surface area contributed by atoms with Crippen LogP contribution in [-0.2, 0) is 6.42 Å². The van der Waals surface area contributed by atoms with E-state index >= 15 is 0 Å². The summed E-state index contributed by atoms with van der Waals surface area (Å²) >= 11 is 0. The summed E-state index contributed by atoms with van der Waals surface area (Å²) in [6.45, 7) is 0.633. The highest BCUT2D eigenvalue weighted by molar-refractivity contribution is 5.16. The van der Waals surface area contributed by atoms with Crippen LogP contribution in [-0.4, -0.2) is 41.7 Å². The van der Waals surface area contributed by atoms with Gasteiger partial charge in [0.2, 0.25) is 0 Å². The van der Waals surface area contributed by atoms with Crippen LogP contribution in [0.3, 0.4) is 0 Å². The average molecular weight is 236 g/mol. The quantitative estimate of drug-likeness (QED) is 0.574.